The van der Waals surface area contributed by atoms with E-state index in [0.29, 0.717) is 35.4 Å². The van der Waals surface area contributed by atoms with Gasteiger partial charge in [-0.2, -0.15) is 33.2 Å². The Bertz CT molecular complexity index is 1230. The largest absolute Gasteiger partial charge is 0.371 e. The summed E-state index contributed by atoms with van der Waals surface area (Å²) in [7, 11) is -3.92. The number of nitriles is 1. The van der Waals surface area contributed by atoms with Crippen LogP contribution >= 0.6 is 46.7 Å². The number of benzene rings is 1. The third-order valence-corrected chi connectivity index (χ3v) is 9.39. The Kier molecular flexibility index (Phi) is 11.4. The molecule has 0 spiro atoms. The number of hydrogen-bond donors (Lipinski definition) is 1. The van der Waals surface area contributed by atoms with Crippen molar-refractivity contribution in [3.63, 3.8) is 0 Å². The highest BCUT2D eigenvalue weighted by Gasteiger charge is 2.32. The monoisotopic (exact) mass is 565 g/mol. The highest BCUT2D eigenvalue weighted by molar-refractivity contribution is 7.98. The van der Waals surface area contributed by atoms with Crippen LogP contribution in [0.3, 0.4) is 0 Å². The molecule has 1 aromatic carbocycles. The number of hydrogen-bond acceptors (Lipinski definition) is 9. The zero-order valence-corrected chi connectivity index (χ0v) is 22.7. The summed E-state index contributed by atoms with van der Waals surface area (Å²) in [6, 6.07) is 15.5. The second kappa shape index (κ2) is 14.5. The second-order valence-electron chi connectivity index (χ2n) is 7.09. The molecule has 0 fully saturated rings. The fraction of sp³-hybridized carbons (Fsp3) is 0.304. The molecule has 0 aliphatic rings. The van der Waals surface area contributed by atoms with E-state index in [-0.39, 0.29) is 10.7 Å². The van der Waals surface area contributed by atoms with Gasteiger partial charge in [-0.05, 0) is 41.9 Å². The number of pyridine rings is 1. The SMILES string of the molecule is N#CC(C(=NCCSCc1ncccc1Cl)NCCSCc1ccsn1)S(=O)(=O)c1ccccc1. The Hall–Kier alpha value is -2.10. The molecule has 12 heteroatoms. The topological polar surface area (TPSA) is 108 Å². The number of amidine groups is 1. The van der Waals surface area contributed by atoms with Crippen molar-refractivity contribution < 1.29 is 8.42 Å². The minimum absolute atomic E-state index is 0.0955. The van der Waals surface area contributed by atoms with E-state index in [4.69, 9.17) is 11.6 Å². The van der Waals surface area contributed by atoms with E-state index in [0.717, 1.165) is 17.1 Å². The molecule has 0 aliphatic carbocycles. The van der Waals surface area contributed by atoms with Crippen LogP contribution in [0.1, 0.15) is 11.4 Å². The molecule has 0 bridgehead atoms. The summed E-state index contributed by atoms with van der Waals surface area (Å²) in [6.07, 6.45) is 1.69. The van der Waals surface area contributed by atoms with Crippen LogP contribution < -0.4 is 5.32 Å². The van der Waals surface area contributed by atoms with E-state index in [9.17, 15) is 13.7 Å². The van der Waals surface area contributed by atoms with Crippen molar-refractivity contribution in [3.05, 3.63) is 76.5 Å². The number of rotatable bonds is 13. The first kappa shape index (κ1) is 27.5. The van der Waals surface area contributed by atoms with Gasteiger partial charge < -0.3 is 5.32 Å². The summed E-state index contributed by atoms with van der Waals surface area (Å²) in [5, 5.41) is 14.1. The molecule has 0 saturated heterocycles. The first-order chi connectivity index (χ1) is 17.0. The highest BCUT2D eigenvalue weighted by Crippen LogP contribution is 2.19. The van der Waals surface area contributed by atoms with Crippen molar-refractivity contribution in [2.75, 3.05) is 24.6 Å². The quantitative estimate of drug-likeness (QED) is 0.180. The van der Waals surface area contributed by atoms with Crippen molar-refractivity contribution in [2.24, 2.45) is 4.99 Å². The number of nitrogens with one attached hydrogen (secondary N) is 1. The minimum atomic E-state index is -3.92. The van der Waals surface area contributed by atoms with Gasteiger partial charge in [-0.3, -0.25) is 9.98 Å². The van der Waals surface area contributed by atoms with Crippen molar-refractivity contribution in [1.82, 2.24) is 14.7 Å². The average molecular weight is 566 g/mol. The van der Waals surface area contributed by atoms with Crippen molar-refractivity contribution >= 4 is 62.3 Å². The Balaban J connectivity index is 1.63. The zero-order valence-electron chi connectivity index (χ0n) is 18.7. The number of aromatic nitrogens is 2. The summed E-state index contributed by atoms with van der Waals surface area (Å²) in [5.74, 6) is 2.90. The summed E-state index contributed by atoms with van der Waals surface area (Å²) < 4.78 is 30.6. The molecule has 35 heavy (non-hydrogen) atoms. The van der Waals surface area contributed by atoms with Crippen LogP contribution in [-0.2, 0) is 21.3 Å². The number of halogens is 1. The second-order valence-corrected chi connectivity index (χ2v) is 12.4. The predicted molar refractivity (Wildman–Crippen MR) is 147 cm³/mol. The molecule has 1 N–H and O–H groups in total. The van der Waals surface area contributed by atoms with E-state index in [1.54, 1.807) is 60.1 Å². The molecule has 0 radical (unpaired) electrons. The Morgan fingerprint density at radius 2 is 1.94 bits per heavy atom. The van der Waals surface area contributed by atoms with Crippen LogP contribution in [0.25, 0.3) is 0 Å². The molecule has 0 saturated carbocycles. The molecule has 1 unspecified atom stereocenters. The molecule has 184 valence electrons. The van der Waals surface area contributed by atoms with Gasteiger partial charge in [-0.1, -0.05) is 29.8 Å². The minimum Gasteiger partial charge on any atom is -0.371 e. The van der Waals surface area contributed by atoms with E-state index in [1.807, 2.05) is 17.5 Å². The van der Waals surface area contributed by atoms with Crippen LogP contribution in [0.2, 0.25) is 5.02 Å². The normalized spacial score (nSPS) is 12.7. The summed E-state index contributed by atoms with van der Waals surface area (Å²) in [4.78, 5) is 8.86. The van der Waals surface area contributed by atoms with Gasteiger partial charge in [0.05, 0.1) is 33.9 Å². The van der Waals surface area contributed by atoms with E-state index < -0.39 is 15.1 Å². The van der Waals surface area contributed by atoms with Gasteiger partial charge in [-0.25, -0.2) is 8.42 Å². The van der Waals surface area contributed by atoms with Crippen LogP contribution in [-0.4, -0.2) is 53.5 Å². The van der Waals surface area contributed by atoms with Crippen LogP contribution in [0.4, 0.5) is 0 Å². The molecule has 7 nitrogen and oxygen atoms in total. The third kappa shape index (κ3) is 8.51. The lowest BCUT2D eigenvalue weighted by molar-refractivity contribution is 0.595. The van der Waals surface area contributed by atoms with E-state index in [2.05, 4.69) is 19.7 Å². The number of aliphatic imine (C=N–C) groups is 1. The molecule has 2 heterocycles. The van der Waals surface area contributed by atoms with Gasteiger partial charge in [-0.15, -0.1) is 0 Å². The first-order valence-electron chi connectivity index (χ1n) is 10.6. The standard InChI is InChI=1S/C23H24ClN5O2S4/c24-20-7-4-9-26-21(20)17-33-14-11-28-23(27-10-13-32-16-18-8-12-34-29-18)22(15-25)35(30,31)19-5-2-1-3-6-19/h1-9,12,22H,10-11,13-14,16-17H2,(H,27,28). The number of thioether (sulfide) groups is 2. The smallest absolute Gasteiger partial charge is 0.208 e. The van der Waals surface area contributed by atoms with Gasteiger partial charge >= 0.3 is 0 Å². The maximum Gasteiger partial charge on any atom is 0.208 e. The molecule has 1 atom stereocenters. The molecule has 2 aromatic heterocycles. The Morgan fingerprint density at radius 3 is 2.66 bits per heavy atom. The molecule has 3 aromatic rings. The van der Waals surface area contributed by atoms with Gasteiger partial charge in [0, 0.05) is 41.1 Å². The van der Waals surface area contributed by atoms with Crippen molar-refractivity contribution in [2.45, 2.75) is 21.7 Å². The lowest BCUT2D eigenvalue weighted by Crippen LogP contribution is -2.40. The highest BCUT2D eigenvalue weighted by atomic mass is 35.5. The third-order valence-electron chi connectivity index (χ3n) is 4.63. The maximum atomic E-state index is 13.2. The van der Waals surface area contributed by atoms with Gasteiger partial charge in [0.1, 0.15) is 5.84 Å². The average Bonchev–Trinajstić information content (AvgIpc) is 3.38. The zero-order chi connectivity index (χ0) is 24.9. The summed E-state index contributed by atoms with van der Waals surface area (Å²) in [6.45, 7) is 0.832. The molecule has 3 rings (SSSR count). The van der Waals surface area contributed by atoms with Gasteiger partial charge in [0.2, 0.25) is 15.1 Å². The number of nitrogens with zero attached hydrogens (tertiary/aromatic N) is 4. The van der Waals surface area contributed by atoms with Crippen molar-refractivity contribution in [1.29, 1.82) is 5.26 Å². The van der Waals surface area contributed by atoms with Crippen LogP contribution in [0, 0.1) is 11.3 Å². The summed E-state index contributed by atoms with van der Waals surface area (Å²) >= 11 is 10.8. The number of sulfone groups is 1. The fourth-order valence-corrected chi connectivity index (χ4v) is 6.76. The van der Waals surface area contributed by atoms with E-state index in [1.165, 1.54) is 23.7 Å². The lowest BCUT2D eigenvalue weighted by atomic mass is 10.4. The van der Waals surface area contributed by atoms with Crippen LogP contribution in [0.15, 0.2) is 70.0 Å². The Morgan fingerprint density at radius 1 is 1.14 bits per heavy atom. The van der Waals surface area contributed by atoms with Gasteiger partial charge in [0.25, 0.3) is 0 Å². The molecular weight excluding hydrogens is 542 g/mol. The van der Waals surface area contributed by atoms with Crippen molar-refractivity contribution in [3.8, 4) is 6.07 Å². The first-order valence-corrected chi connectivity index (χ1v) is 15.7. The van der Waals surface area contributed by atoms with E-state index >= 15 is 0 Å². The maximum absolute atomic E-state index is 13.2. The summed E-state index contributed by atoms with van der Waals surface area (Å²) in [5.41, 5.74) is 1.81. The predicted octanol–water partition coefficient (Wildman–Crippen LogP) is 4.71. The van der Waals surface area contributed by atoms with Crippen LogP contribution in [0.5, 0.6) is 0 Å². The Labute approximate surface area is 223 Å². The molecule has 0 aliphatic heterocycles. The fourth-order valence-electron chi connectivity index (χ4n) is 2.92. The molecular formula is C23H24ClN5O2S4. The lowest BCUT2D eigenvalue weighted by Gasteiger charge is -2.16. The molecule has 0 amide bonds. The van der Waals surface area contributed by atoms with Gasteiger partial charge in [0.15, 0.2) is 0 Å².